The minimum absolute atomic E-state index is 0.340. The molecule has 126 valence electrons. The van der Waals surface area contributed by atoms with E-state index in [4.69, 9.17) is 0 Å². The van der Waals surface area contributed by atoms with E-state index < -0.39 is 0 Å². The molecule has 0 aliphatic carbocycles. The average Bonchev–Trinajstić information content (AvgIpc) is 2.61. The lowest BCUT2D eigenvalue weighted by atomic mass is 9.90. The fraction of sp³-hybridized carbons (Fsp3) is 0.364. The number of hydrogen-bond acceptors (Lipinski definition) is 2. The van der Waals surface area contributed by atoms with E-state index in [9.17, 15) is 5.11 Å². The second-order valence-corrected chi connectivity index (χ2v) is 6.87. The maximum Gasteiger partial charge on any atom is 0.115 e. The van der Waals surface area contributed by atoms with Crippen molar-refractivity contribution in [1.29, 1.82) is 0 Å². The minimum atomic E-state index is 0.340. The Kier molecular flexibility index (Phi) is 5.37. The van der Waals surface area contributed by atoms with Gasteiger partial charge in [0.25, 0.3) is 0 Å². The van der Waals surface area contributed by atoms with Crippen LogP contribution in [-0.4, -0.2) is 29.1 Å². The monoisotopic (exact) mass is 321 g/mol. The number of nitrogens with zero attached hydrogens (tertiary/aromatic N) is 1. The topological polar surface area (TPSA) is 23.5 Å². The summed E-state index contributed by atoms with van der Waals surface area (Å²) >= 11 is 0. The van der Waals surface area contributed by atoms with Gasteiger partial charge in [0, 0.05) is 19.1 Å². The predicted octanol–water partition coefficient (Wildman–Crippen LogP) is 4.59. The molecule has 1 unspecified atom stereocenters. The lowest BCUT2D eigenvalue weighted by Crippen LogP contribution is -2.43. The first kappa shape index (κ1) is 16.8. The van der Waals surface area contributed by atoms with Gasteiger partial charge in [-0.25, -0.2) is 0 Å². The Morgan fingerprint density at radius 1 is 0.958 bits per heavy atom. The van der Waals surface area contributed by atoms with E-state index in [1.54, 1.807) is 12.1 Å². The van der Waals surface area contributed by atoms with Crippen molar-refractivity contribution in [2.45, 2.75) is 39.2 Å². The van der Waals surface area contributed by atoms with Crippen molar-refractivity contribution in [3.05, 3.63) is 76.9 Å². The van der Waals surface area contributed by atoms with Crippen LogP contribution in [0.2, 0.25) is 0 Å². The molecular weight excluding hydrogens is 294 g/mol. The molecule has 1 aliphatic heterocycles. The van der Waals surface area contributed by atoms with Crippen molar-refractivity contribution in [2.75, 3.05) is 13.1 Å². The number of phenols is 1. The van der Waals surface area contributed by atoms with Gasteiger partial charge in [-0.1, -0.05) is 53.6 Å². The molecule has 0 aromatic heterocycles. The van der Waals surface area contributed by atoms with Crippen molar-refractivity contribution in [1.82, 2.24) is 4.90 Å². The lowest BCUT2D eigenvalue weighted by Gasteiger charge is -2.38. The summed E-state index contributed by atoms with van der Waals surface area (Å²) in [5.41, 5.74) is 5.75. The molecule has 0 spiro atoms. The number of phenolic OH excluding ortho intramolecular Hbond substituents is 1. The zero-order valence-electron chi connectivity index (χ0n) is 14.7. The van der Waals surface area contributed by atoms with E-state index in [1.807, 2.05) is 12.1 Å². The Hall–Kier alpha value is -2.06. The Balaban J connectivity index is 1.72. The molecule has 3 rings (SSSR count). The van der Waals surface area contributed by atoms with Crippen molar-refractivity contribution in [3.8, 4) is 5.75 Å². The highest BCUT2D eigenvalue weighted by Crippen LogP contribution is 2.27. The average molecular weight is 321 g/mol. The van der Waals surface area contributed by atoms with Crippen LogP contribution in [0.1, 0.15) is 31.4 Å². The van der Waals surface area contributed by atoms with Gasteiger partial charge in [-0.2, -0.15) is 0 Å². The first-order valence-electron chi connectivity index (χ1n) is 8.85. The SMILES string of the molecule is CC1=C(C)C(Cc2ccc(O)cc2)N(CCc2ccccc2)CC1. The molecule has 2 aromatic carbocycles. The summed E-state index contributed by atoms with van der Waals surface area (Å²) in [6.07, 6.45) is 3.28. The fourth-order valence-corrected chi connectivity index (χ4v) is 3.55. The maximum atomic E-state index is 9.50. The largest absolute Gasteiger partial charge is 0.508 e. The summed E-state index contributed by atoms with van der Waals surface area (Å²) < 4.78 is 0. The number of benzene rings is 2. The molecular formula is C22H27NO. The Morgan fingerprint density at radius 2 is 1.67 bits per heavy atom. The molecule has 0 radical (unpaired) electrons. The van der Waals surface area contributed by atoms with Crippen LogP contribution < -0.4 is 0 Å². The summed E-state index contributed by atoms with van der Waals surface area (Å²) in [6, 6.07) is 18.9. The van der Waals surface area contributed by atoms with E-state index in [-0.39, 0.29) is 0 Å². The molecule has 0 fully saturated rings. The third kappa shape index (κ3) is 4.07. The summed E-state index contributed by atoms with van der Waals surface area (Å²) in [5.74, 6) is 0.340. The fourth-order valence-electron chi connectivity index (χ4n) is 3.55. The summed E-state index contributed by atoms with van der Waals surface area (Å²) in [6.45, 7) is 6.79. The smallest absolute Gasteiger partial charge is 0.115 e. The zero-order valence-corrected chi connectivity index (χ0v) is 14.7. The molecule has 24 heavy (non-hydrogen) atoms. The van der Waals surface area contributed by atoms with E-state index in [0.717, 1.165) is 25.9 Å². The van der Waals surface area contributed by atoms with Gasteiger partial charge in [0.2, 0.25) is 0 Å². The van der Waals surface area contributed by atoms with Gasteiger partial charge >= 0.3 is 0 Å². The van der Waals surface area contributed by atoms with Gasteiger partial charge in [0.05, 0.1) is 0 Å². The molecule has 0 saturated heterocycles. The van der Waals surface area contributed by atoms with Crippen molar-refractivity contribution < 1.29 is 5.11 Å². The third-order valence-corrected chi connectivity index (χ3v) is 5.28. The summed E-state index contributed by atoms with van der Waals surface area (Å²) in [5, 5.41) is 9.50. The lowest BCUT2D eigenvalue weighted by molar-refractivity contribution is 0.209. The third-order valence-electron chi connectivity index (χ3n) is 5.28. The van der Waals surface area contributed by atoms with Crippen LogP contribution in [0.15, 0.2) is 65.7 Å². The number of rotatable bonds is 5. The maximum absolute atomic E-state index is 9.50. The molecule has 0 saturated carbocycles. The van der Waals surface area contributed by atoms with Gasteiger partial charge in [-0.15, -0.1) is 0 Å². The Morgan fingerprint density at radius 3 is 2.38 bits per heavy atom. The molecule has 1 N–H and O–H groups in total. The molecule has 2 heteroatoms. The van der Waals surface area contributed by atoms with Crippen LogP contribution in [0.25, 0.3) is 0 Å². The molecule has 2 nitrogen and oxygen atoms in total. The highest BCUT2D eigenvalue weighted by molar-refractivity contribution is 5.29. The van der Waals surface area contributed by atoms with E-state index in [0.29, 0.717) is 11.8 Å². The quantitative estimate of drug-likeness (QED) is 0.814. The first-order chi connectivity index (χ1) is 11.6. The predicted molar refractivity (Wildman–Crippen MR) is 100 cm³/mol. The van der Waals surface area contributed by atoms with E-state index in [2.05, 4.69) is 49.1 Å². The standard InChI is InChI=1S/C22H27NO/c1-17-12-14-23(15-13-19-6-4-3-5-7-19)22(18(17)2)16-20-8-10-21(24)11-9-20/h3-11,22,24H,12-16H2,1-2H3. The molecule has 0 bridgehead atoms. The number of hydrogen-bond donors (Lipinski definition) is 1. The summed E-state index contributed by atoms with van der Waals surface area (Å²) in [7, 11) is 0. The molecule has 0 amide bonds. The van der Waals surface area contributed by atoms with Crippen LogP contribution in [0.5, 0.6) is 5.75 Å². The van der Waals surface area contributed by atoms with Crippen molar-refractivity contribution in [3.63, 3.8) is 0 Å². The highest BCUT2D eigenvalue weighted by Gasteiger charge is 2.25. The van der Waals surface area contributed by atoms with Gasteiger partial charge in [0.1, 0.15) is 5.75 Å². The Bertz CT molecular complexity index is 688. The Labute approximate surface area is 145 Å². The van der Waals surface area contributed by atoms with Gasteiger partial charge in [0.15, 0.2) is 0 Å². The van der Waals surface area contributed by atoms with Gasteiger partial charge < -0.3 is 5.11 Å². The molecule has 1 atom stereocenters. The van der Waals surface area contributed by atoms with Crippen LogP contribution in [0, 0.1) is 0 Å². The van der Waals surface area contributed by atoms with Crippen LogP contribution in [-0.2, 0) is 12.8 Å². The van der Waals surface area contributed by atoms with Crippen molar-refractivity contribution in [2.24, 2.45) is 0 Å². The van der Waals surface area contributed by atoms with Gasteiger partial charge in [-0.3, -0.25) is 4.90 Å². The van der Waals surface area contributed by atoms with E-state index >= 15 is 0 Å². The second-order valence-electron chi connectivity index (χ2n) is 6.87. The van der Waals surface area contributed by atoms with Gasteiger partial charge in [-0.05, 0) is 56.4 Å². The molecule has 1 heterocycles. The van der Waals surface area contributed by atoms with Crippen LogP contribution >= 0.6 is 0 Å². The zero-order chi connectivity index (χ0) is 16.9. The first-order valence-corrected chi connectivity index (χ1v) is 8.85. The second kappa shape index (κ2) is 7.67. The molecule has 1 aliphatic rings. The normalized spacial score (nSPS) is 18.8. The minimum Gasteiger partial charge on any atom is -0.508 e. The van der Waals surface area contributed by atoms with Crippen LogP contribution in [0.4, 0.5) is 0 Å². The molecule has 2 aromatic rings. The van der Waals surface area contributed by atoms with Crippen molar-refractivity contribution >= 4 is 0 Å². The van der Waals surface area contributed by atoms with E-state index in [1.165, 1.54) is 28.7 Å². The number of aromatic hydroxyl groups is 1. The van der Waals surface area contributed by atoms with Crippen LogP contribution in [0.3, 0.4) is 0 Å². The highest BCUT2D eigenvalue weighted by atomic mass is 16.3. The summed E-state index contributed by atoms with van der Waals surface area (Å²) in [4.78, 5) is 2.63.